The van der Waals surface area contributed by atoms with Crippen LogP contribution in [0, 0.1) is 0 Å². The summed E-state index contributed by atoms with van der Waals surface area (Å²) in [6.45, 7) is 1.10. The summed E-state index contributed by atoms with van der Waals surface area (Å²) in [5.41, 5.74) is 4.67. The third-order valence-corrected chi connectivity index (χ3v) is 5.30. The van der Waals surface area contributed by atoms with E-state index in [0.29, 0.717) is 35.2 Å². The Morgan fingerprint density at radius 2 is 2.03 bits per heavy atom. The smallest absolute Gasteiger partial charge is 0.255 e. The number of nitrogens with zero attached hydrogens (tertiary/aromatic N) is 4. The van der Waals surface area contributed by atoms with Crippen molar-refractivity contribution in [3.05, 3.63) is 58.5 Å². The van der Waals surface area contributed by atoms with Crippen molar-refractivity contribution in [1.82, 2.24) is 19.7 Å². The third-order valence-electron chi connectivity index (χ3n) is 5.00. The van der Waals surface area contributed by atoms with Gasteiger partial charge in [0.1, 0.15) is 11.5 Å². The van der Waals surface area contributed by atoms with E-state index in [-0.39, 0.29) is 5.91 Å². The van der Waals surface area contributed by atoms with Crippen LogP contribution in [-0.4, -0.2) is 46.3 Å². The summed E-state index contributed by atoms with van der Waals surface area (Å²) in [7, 11) is 5.29. The van der Waals surface area contributed by atoms with Gasteiger partial charge >= 0.3 is 0 Å². The van der Waals surface area contributed by atoms with E-state index < -0.39 is 0 Å². The Hall–Kier alpha value is -3.10. The van der Waals surface area contributed by atoms with Gasteiger partial charge in [0.2, 0.25) is 0 Å². The second-order valence-corrected chi connectivity index (χ2v) is 7.62. The van der Waals surface area contributed by atoms with Crippen LogP contribution < -0.4 is 10.6 Å². The Bertz CT molecular complexity index is 1100. The maximum Gasteiger partial charge on any atom is 0.255 e. The van der Waals surface area contributed by atoms with Crippen LogP contribution >= 0.6 is 11.6 Å². The molecule has 156 valence electrons. The van der Waals surface area contributed by atoms with Crippen LogP contribution in [0.25, 0.3) is 0 Å². The quantitative estimate of drug-likeness (QED) is 0.624. The highest BCUT2D eigenvalue weighted by Crippen LogP contribution is 2.33. The zero-order valence-electron chi connectivity index (χ0n) is 17.1. The van der Waals surface area contributed by atoms with Gasteiger partial charge in [0.05, 0.1) is 40.5 Å². The molecule has 2 aromatic heterocycles. The predicted molar refractivity (Wildman–Crippen MR) is 117 cm³/mol. The monoisotopic (exact) mass is 426 g/mol. The molecule has 30 heavy (non-hydrogen) atoms. The van der Waals surface area contributed by atoms with Crippen LogP contribution in [0.1, 0.15) is 21.6 Å². The van der Waals surface area contributed by atoms with Crippen molar-refractivity contribution < 1.29 is 9.53 Å². The molecule has 2 N–H and O–H groups in total. The van der Waals surface area contributed by atoms with Crippen LogP contribution in [0.15, 0.2) is 36.7 Å². The zero-order valence-corrected chi connectivity index (χ0v) is 17.8. The fraction of sp³-hybridized carbons (Fsp3) is 0.286. The van der Waals surface area contributed by atoms with E-state index in [4.69, 9.17) is 16.3 Å². The van der Waals surface area contributed by atoms with E-state index in [9.17, 15) is 4.79 Å². The molecule has 0 spiro atoms. The van der Waals surface area contributed by atoms with Crippen LogP contribution in [0.2, 0.25) is 5.02 Å². The molecule has 3 heterocycles. The molecule has 0 atom stereocenters. The van der Waals surface area contributed by atoms with Gasteiger partial charge in [-0.25, -0.2) is 4.98 Å². The van der Waals surface area contributed by atoms with Crippen LogP contribution in [-0.2, 0) is 24.8 Å². The molecule has 9 heteroatoms. The molecule has 0 bridgehead atoms. The number of aryl methyl sites for hydroxylation is 1. The topological polar surface area (TPSA) is 84.3 Å². The Morgan fingerprint density at radius 1 is 1.20 bits per heavy atom. The van der Waals surface area contributed by atoms with Gasteiger partial charge in [0, 0.05) is 40.0 Å². The first-order valence-electron chi connectivity index (χ1n) is 9.54. The predicted octanol–water partition coefficient (Wildman–Crippen LogP) is 3.73. The van der Waals surface area contributed by atoms with Gasteiger partial charge in [-0.05, 0) is 18.1 Å². The number of benzene rings is 1. The average molecular weight is 427 g/mol. The highest BCUT2D eigenvalue weighted by atomic mass is 35.5. The summed E-state index contributed by atoms with van der Waals surface area (Å²) in [6.07, 6.45) is 4.26. The summed E-state index contributed by atoms with van der Waals surface area (Å²) >= 11 is 6.40. The van der Waals surface area contributed by atoms with E-state index in [1.807, 2.05) is 44.6 Å². The fourth-order valence-electron chi connectivity index (χ4n) is 3.51. The minimum Gasteiger partial charge on any atom is -0.378 e. The molecule has 0 unspecified atom stereocenters. The number of methoxy groups -OCH3 is 1. The molecular weight excluding hydrogens is 404 g/mol. The second-order valence-electron chi connectivity index (χ2n) is 7.21. The SMILES string of the molecule is COCc1nn(C)cc1Nc1cc(Nc2cccc3c2C(=O)N(C)CC3)c(Cl)cn1. The van der Waals surface area contributed by atoms with Crippen LogP contribution in [0.3, 0.4) is 0 Å². The fourth-order valence-corrected chi connectivity index (χ4v) is 3.66. The van der Waals surface area contributed by atoms with E-state index in [1.165, 1.54) is 0 Å². The number of nitrogens with one attached hydrogen (secondary N) is 2. The lowest BCUT2D eigenvalue weighted by atomic mass is 9.97. The first-order valence-corrected chi connectivity index (χ1v) is 9.92. The number of hydrogen-bond acceptors (Lipinski definition) is 6. The Balaban J connectivity index is 1.64. The average Bonchev–Trinajstić information content (AvgIpc) is 3.06. The number of amides is 1. The first kappa shape index (κ1) is 20.2. The molecule has 0 fully saturated rings. The normalized spacial score (nSPS) is 13.3. The van der Waals surface area contributed by atoms with Gasteiger partial charge in [-0.3, -0.25) is 9.48 Å². The van der Waals surface area contributed by atoms with Gasteiger partial charge in [-0.15, -0.1) is 0 Å². The van der Waals surface area contributed by atoms with Crippen molar-refractivity contribution in [3.63, 3.8) is 0 Å². The van der Waals surface area contributed by atoms with Crippen molar-refractivity contribution in [2.45, 2.75) is 13.0 Å². The first-order chi connectivity index (χ1) is 14.5. The molecule has 0 saturated heterocycles. The summed E-state index contributed by atoms with van der Waals surface area (Å²) in [6, 6.07) is 7.63. The number of anilines is 4. The molecule has 1 aliphatic heterocycles. The molecule has 4 rings (SSSR count). The number of fused-ring (bicyclic) bond motifs is 1. The van der Waals surface area contributed by atoms with Crippen molar-refractivity contribution in [2.24, 2.45) is 7.05 Å². The zero-order chi connectivity index (χ0) is 21.3. The standard InChI is InChI=1S/C21H23ClN6O2/c1-27-8-7-13-5-4-6-15(20(13)21(27)29)24-16-9-19(23-10-14(16)22)25-17-11-28(2)26-18(17)12-30-3/h4-6,9-11H,7-8,12H2,1-3H3,(H2,23,24,25). The van der Waals surface area contributed by atoms with Crippen molar-refractivity contribution >= 4 is 40.4 Å². The number of halogens is 1. The largest absolute Gasteiger partial charge is 0.378 e. The van der Waals surface area contributed by atoms with E-state index in [2.05, 4.69) is 20.7 Å². The maximum atomic E-state index is 12.7. The molecule has 1 amide bonds. The van der Waals surface area contributed by atoms with E-state index in [0.717, 1.165) is 29.1 Å². The molecule has 1 aromatic carbocycles. The highest BCUT2D eigenvalue weighted by Gasteiger charge is 2.24. The van der Waals surface area contributed by atoms with Gasteiger partial charge < -0.3 is 20.3 Å². The lowest BCUT2D eigenvalue weighted by molar-refractivity contribution is 0.0782. The van der Waals surface area contributed by atoms with Crippen LogP contribution in [0.5, 0.6) is 0 Å². The summed E-state index contributed by atoms with van der Waals surface area (Å²) in [5, 5.41) is 11.4. The third kappa shape index (κ3) is 3.96. The molecule has 0 saturated carbocycles. The minimum absolute atomic E-state index is 0.00226. The summed E-state index contributed by atoms with van der Waals surface area (Å²) < 4.78 is 6.92. The summed E-state index contributed by atoms with van der Waals surface area (Å²) in [5.74, 6) is 0.600. The number of aromatic nitrogens is 3. The van der Waals surface area contributed by atoms with Crippen molar-refractivity contribution in [1.29, 1.82) is 0 Å². The minimum atomic E-state index is 0.00226. The molecule has 3 aromatic rings. The Kier molecular flexibility index (Phi) is 5.61. The van der Waals surface area contributed by atoms with E-state index >= 15 is 0 Å². The van der Waals surface area contributed by atoms with Crippen molar-refractivity contribution in [2.75, 3.05) is 31.3 Å². The second kappa shape index (κ2) is 8.33. The highest BCUT2D eigenvalue weighted by molar-refractivity contribution is 6.33. The van der Waals surface area contributed by atoms with Gasteiger partial charge in [0.15, 0.2) is 0 Å². The van der Waals surface area contributed by atoms with Gasteiger partial charge in [0.25, 0.3) is 5.91 Å². The Morgan fingerprint density at radius 3 is 2.83 bits per heavy atom. The van der Waals surface area contributed by atoms with Gasteiger partial charge in [-0.1, -0.05) is 23.7 Å². The summed E-state index contributed by atoms with van der Waals surface area (Å²) in [4.78, 5) is 18.8. The number of carbonyl (C=O) groups excluding carboxylic acids is 1. The molecule has 8 nitrogen and oxygen atoms in total. The van der Waals surface area contributed by atoms with E-state index in [1.54, 1.807) is 22.9 Å². The van der Waals surface area contributed by atoms with Crippen LogP contribution in [0.4, 0.5) is 22.9 Å². The lowest BCUT2D eigenvalue weighted by Gasteiger charge is -2.27. The molecule has 0 aliphatic carbocycles. The number of hydrogen-bond donors (Lipinski definition) is 2. The molecular formula is C21H23ClN6O2. The number of pyridine rings is 1. The lowest BCUT2D eigenvalue weighted by Crippen LogP contribution is -2.34. The maximum absolute atomic E-state index is 12.7. The van der Waals surface area contributed by atoms with Crippen molar-refractivity contribution in [3.8, 4) is 0 Å². The Labute approximate surface area is 179 Å². The number of rotatable bonds is 6. The number of carbonyl (C=O) groups is 1. The number of ether oxygens (including phenoxy) is 1. The number of likely N-dealkylation sites (N-methyl/N-ethyl adjacent to an activating group) is 1. The van der Waals surface area contributed by atoms with Gasteiger partial charge in [-0.2, -0.15) is 5.10 Å². The molecule has 0 radical (unpaired) electrons. The molecule has 1 aliphatic rings.